The number of ether oxygens (including phenoxy) is 1. The van der Waals surface area contributed by atoms with Crippen LogP contribution >= 0.6 is 31.9 Å². The second kappa shape index (κ2) is 4.87. The Hall–Kier alpha value is -0.0200. The molecule has 0 amide bonds. The number of rotatable bonds is 3. The molecule has 0 aromatic heterocycles. The van der Waals surface area contributed by atoms with Gasteiger partial charge in [0.25, 0.3) is 0 Å². The van der Waals surface area contributed by atoms with Gasteiger partial charge in [0.05, 0.1) is 11.1 Å². The first kappa shape index (κ1) is 10.1. The maximum Gasteiger partial charge on any atom is 0.134 e. The van der Waals surface area contributed by atoms with Gasteiger partial charge in [0.15, 0.2) is 0 Å². The molecule has 0 N–H and O–H groups in total. The van der Waals surface area contributed by atoms with Gasteiger partial charge in [0.1, 0.15) is 5.75 Å². The highest BCUT2D eigenvalue weighted by Crippen LogP contribution is 2.28. The minimum atomic E-state index is 0.759. The molecule has 1 rings (SSSR count). The van der Waals surface area contributed by atoms with E-state index < -0.39 is 0 Å². The highest BCUT2D eigenvalue weighted by molar-refractivity contribution is 9.11. The first-order valence-electron chi connectivity index (χ1n) is 3.82. The maximum atomic E-state index is 5.49. The van der Waals surface area contributed by atoms with Gasteiger partial charge in [-0.1, -0.05) is 22.9 Å². The van der Waals surface area contributed by atoms with Crippen molar-refractivity contribution in [2.45, 2.75) is 13.3 Å². The van der Waals surface area contributed by atoms with Crippen LogP contribution in [0.1, 0.15) is 13.3 Å². The summed E-state index contributed by atoms with van der Waals surface area (Å²) in [5.41, 5.74) is 0. The van der Waals surface area contributed by atoms with Crippen molar-refractivity contribution in [3.8, 4) is 5.75 Å². The lowest BCUT2D eigenvalue weighted by Gasteiger charge is -2.06. The molecule has 0 aliphatic carbocycles. The summed E-state index contributed by atoms with van der Waals surface area (Å²) in [7, 11) is 0. The van der Waals surface area contributed by atoms with Gasteiger partial charge in [-0.25, -0.2) is 0 Å². The van der Waals surface area contributed by atoms with Gasteiger partial charge in [-0.2, -0.15) is 0 Å². The summed E-state index contributed by atoms with van der Waals surface area (Å²) in [5, 5.41) is 0. The van der Waals surface area contributed by atoms with E-state index >= 15 is 0 Å². The Morgan fingerprint density at radius 1 is 1.33 bits per heavy atom. The van der Waals surface area contributed by atoms with Crippen molar-refractivity contribution in [1.29, 1.82) is 0 Å². The summed E-state index contributed by atoms with van der Waals surface area (Å²) in [6.07, 6.45) is 1.03. The zero-order valence-electron chi connectivity index (χ0n) is 6.81. The highest BCUT2D eigenvalue weighted by Gasteiger charge is 2.00. The second-order valence-corrected chi connectivity index (χ2v) is 4.19. The van der Waals surface area contributed by atoms with Gasteiger partial charge in [0, 0.05) is 4.47 Å². The molecule has 66 valence electrons. The average molecular weight is 294 g/mol. The van der Waals surface area contributed by atoms with Gasteiger partial charge in [-0.3, -0.25) is 0 Å². The van der Waals surface area contributed by atoms with Gasteiger partial charge < -0.3 is 4.74 Å². The van der Waals surface area contributed by atoms with Crippen LogP contribution in [0, 0.1) is 0 Å². The number of hydrogen-bond acceptors (Lipinski definition) is 1. The fourth-order valence-electron chi connectivity index (χ4n) is 0.800. The van der Waals surface area contributed by atoms with Crippen LogP contribution in [0.5, 0.6) is 5.75 Å². The Morgan fingerprint density at radius 2 is 2.08 bits per heavy atom. The molecule has 0 fully saturated rings. The summed E-state index contributed by atoms with van der Waals surface area (Å²) in [4.78, 5) is 0. The molecule has 0 heterocycles. The molecule has 3 heteroatoms. The van der Waals surface area contributed by atoms with Crippen molar-refractivity contribution >= 4 is 31.9 Å². The van der Waals surface area contributed by atoms with Crippen molar-refractivity contribution < 1.29 is 4.74 Å². The predicted molar refractivity (Wildman–Crippen MR) is 57.6 cm³/mol. The summed E-state index contributed by atoms with van der Waals surface area (Å²) < 4.78 is 7.53. The molecule has 0 spiro atoms. The zero-order chi connectivity index (χ0) is 8.97. The molecule has 1 aromatic carbocycles. The van der Waals surface area contributed by atoms with E-state index in [1.807, 2.05) is 18.2 Å². The molecule has 1 aromatic rings. The molecule has 1 nitrogen and oxygen atoms in total. The number of benzene rings is 1. The second-order valence-electron chi connectivity index (χ2n) is 2.42. The van der Waals surface area contributed by atoms with Gasteiger partial charge >= 0.3 is 0 Å². The van der Waals surface area contributed by atoms with Crippen LogP contribution < -0.4 is 4.74 Å². The molecule has 0 saturated carbocycles. The Balaban J connectivity index is 2.75. The molecule has 0 atom stereocenters. The van der Waals surface area contributed by atoms with Crippen molar-refractivity contribution in [1.82, 2.24) is 0 Å². The molecule has 0 saturated heterocycles. The standard InChI is InChI=1S/C9H10Br2O/c1-2-5-12-9-6-7(10)3-4-8(9)11/h3-4,6H,2,5H2,1H3. The monoisotopic (exact) mass is 292 g/mol. The number of halogens is 2. The topological polar surface area (TPSA) is 9.23 Å². The van der Waals surface area contributed by atoms with Crippen LogP contribution in [0.2, 0.25) is 0 Å². The Morgan fingerprint density at radius 3 is 2.75 bits per heavy atom. The summed E-state index contributed by atoms with van der Waals surface area (Å²) >= 11 is 6.80. The molecular weight excluding hydrogens is 284 g/mol. The van der Waals surface area contributed by atoms with Gasteiger partial charge in [-0.05, 0) is 40.5 Å². The smallest absolute Gasteiger partial charge is 0.134 e. The predicted octanol–water partition coefficient (Wildman–Crippen LogP) is 4.00. The lowest BCUT2D eigenvalue weighted by atomic mass is 10.3. The first-order chi connectivity index (χ1) is 5.74. The fraction of sp³-hybridized carbons (Fsp3) is 0.333. The maximum absolute atomic E-state index is 5.49. The third kappa shape index (κ3) is 2.79. The van der Waals surface area contributed by atoms with E-state index in [0.29, 0.717) is 0 Å². The van der Waals surface area contributed by atoms with E-state index in [1.165, 1.54) is 0 Å². The van der Waals surface area contributed by atoms with Crippen LogP contribution in [-0.2, 0) is 0 Å². The fourth-order valence-corrected chi connectivity index (χ4v) is 1.50. The van der Waals surface area contributed by atoms with E-state index in [4.69, 9.17) is 4.74 Å². The Bertz CT molecular complexity index is 261. The van der Waals surface area contributed by atoms with Crippen molar-refractivity contribution in [3.05, 3.63) is 27.1 Å². The molecule has 12 heavy (non-hydrogen) atoms. The molecule has 0 unspecified atom stereocenters. The lowest BCUT2D eigenvalue weighted by molar-refractivity contribution is 0.315. The quantitative estimate of drug-likeness (QED) is 0.818. The first-order valence-corrected chi connectivity index (χ1v) is 5.40. The molecule has 0 aliphatic rings. The van der Waals surface area contributed by atoms with Crippen molar-refractivity contribution in [2.75, 3.05) is 6.61 Å². The summed E-state index contributed by atoms with van der Waals surface area (Å²) in [6.45, 7) is 2.85. The van der Waals surface area contributed by atoms with E-state index in [1.54, 1.807) is 0 Å². The van der Waals surface area contributed by atoms with Crippen LogP contribution in [0.25, 0.3) is 0 Å². The minimum Gasteiger partial charge on any atom is -0.492 e. The Kier molecular flexibility index (Phi) is 4.09. The van der Waals surface area contributed by atoms with E-state index in [9.17, 15) is 0 Å². The lowest BCUT2D eigenvalue weighted by Crippen LogP contribution is -1.95. The van der Waals surface area contributed by atoms with E-state index in [2.05, 4.69) is 38.8 Å². The van der Waals surface area contributed by atoms with Gasteiger partial charge in [0.2, 0.25) is 0 Å². The van der Waals surface area contributed by atoms with Crippen LogP contribution in [0.4, 0.5) is 0 Å². The van der Waals surface area contributed by atoms with Crippen molar-refractivity contribution in [3.63, 3.8) is 0 Å². The van der Waals surface area contributed by atoms with Crippen LogP contribution in [-0.4, -0.2) is 6.61 Å². The van der Waals surface area contributed by atoms with Crippen molar-refractivity contribution in [2.24, 2.45) is 0 Å². The third-order valence-electron chi connectivity index (χ3n) is 1.35. The minimum absolute atomic E-state index is 0.759. The van der Waals surface area contributed by atoms with Crippen LogP contribution in [0.3, 0.4) is 0 Å². The Labute approximate surface area is 89.4 Å². The average Bonchev–Trinajstić information content (AvgIpc) is 2.07. The summed E-state index contributed by atoms with van der Waals surface area (Å²) in [6, 6.07) is 5.90. The molecule has 0 aliphatic heterocycles. The van der Waals surface area contributed by atoms with E-state index in [0.717, 1.165) is 27.7 Å². The molecule has 0 bridgehead atoms. The van der Waals surface area contributed by atoms with Gasteiger partial charge in [-0.15, -0.1) is 0 Å². The summed E-state index contributed by atoms with van der Waals surface area (Å²) in [5.74, 6) is 0.895. The SMILES string of the molecule is CCCOc1cc(Br)ccc1Br. The normalized spacial score (nSPS) is 9.92. The largest absolute Gasteiger partial charge is 0.492 e. The number of hydrogen-bond donors (Lipinski definition) is 0. The van der Waals surface area contributed by atoms with E-state index in [-0.39, 0.29) is 0 Å². The highest BCUT2D eigenvalue weighted by atomic mass is 79.9. The zero-order valence-corrected chi connectivity index (χ0v) is 9.98. The molecular formula is C9H10Br2O. The third-order valence-corrected chi connectivity index (χ3v) is 2.50. The molecule has 0 radical (unpaired) electrons. The van der Waals surface area contributed by atoms with Crippen LogP contribution in [0.15, 0.2) is 27.1 Å².